The Morgan fingerprint density at radius 1 is 1.24 bits per heavy atom. The topological polar surface area (TPSA) is 47.7 Å². The highest BCUT2D eigenvalue weighted by Crippen LogP contribution is 2.24. The smallest absolute Gasteiger partial charge is 0.327 e. The number of methoxy groups -OCH3 is 1. The zero-order chi connectivity index (χ0) is 13.1. The molecule has 1 rings (SSSR count). The van der Waals surface area contributed by atoms with Crippen molar-refractivity contribution in [1.82, 2.24) is 0 Å². The van der Waals surface area contributed by atoms with E-state index in [2.05, 4.69) is 4.85 Å². The van der Waals surface area contributed by atoms with E-state index < -0.39 is 15.2 Å². The van der Waals surface area contributed by atoms with Gasteiger partial charge in [-0.2, -0.15) is 0 Å². The van der Waals surface area contributed by atoms with Gasteiger partial charge in [0.15, 0.2) is 0 Å². The predicted octanol–water partition coefficient (Wildman–Crippen LogP) is 2.37. The molecular formula is C12H15NO3S. The van der Waals surface area contributed by atoms with E-state index >= 15 is 0 Å². The first kappa shape index (κ1) is 13.5. The molecule has 0 spiro atoms. The van der Waals surface area contributed by atoms with Gasteiger partial charge in [-0.05, 0) is 24.3 Å². The average Bonchev–Trinajstić information content (AvgIpc) is 2.29. The van der Waals surface area contributed by atoms with E-state index in [1.54, 1.807) is 26.0 Å². The van der Waals surface area contributed by atoms with Crippen LogP contribution in [-0.4, -0.2) is 20.9 Å². The second kappa shape index (κ2) is 5.19. The van der Waals surface area contributed by atoms with Crippen molar-refractivity contribution in [2.24, 2.45) is 5.92 Å². The van der Waals surface area contributed by atoms with Gasteiger partial charge in [0, 0.05) is 5.92 Å². The van der Waals surface area contributed by atoms with Crippen molar-refractivity contribution in [3.05, 3.63) is 35.7 Å². The number of benzene rings is 1. The molecule has 0 bridgehead atoms. The van der Waals surface area contributed by atoms with Crippen LogP contribution in [0.5, 0.6) is 5.75 Å². The van der Waals surface area contributed by atoms with Crippen molar-refractivity contribution < 1.29 is 13.2 Å². The molecule has 0 aromatic heterocycles. The van der Waals surface area contributed by atoms with Gasteiger partial charge in [-0.25, -0.2) is 15.0 Å². The molecule has 0 saturated heterocycles. The van der Waals surface area contributed by atoms with Crippen molar-refractivity contribution in [2.45, 2.75) is 24.1 Å². The molecule has 1 atom stereocenters. The van der Waals surface area contributed by atoms with Crippen LogP contribution in [0.1, 0.15) is 13.8 Å². The Bertz CT molecular complexity index is 512. The minimum Gasteiger partial charge on any atom is -0.497 e. The van der Waals surface area contributed by atoms with E-state index in [4.69, 9.17) is 11.3 Å². The summed E-state index contributed by atoms with van der Waals surface area (Å²) in [6, 6.07) is 6.09. The van der Waals surface area contributed by atoms with Gasteiger partial charge in [0.1, 0.15) is 5.75 Å². The Morgan fingerprint density at radius 3 is 2.12 bits per heavy atom. The maximum Gasteiger partial charge on any atom is 0.327 e. The van der Waals surface area contributed by atoms with E-state index in [-0.39, 0.29) is 10.8 Å². The average molecular weight is 253 g/mol. The molecule has 0 saturated carbocycles. The maximum atomic E-state index is 12.1. The standard InChI is InChI=1S/C12H15NO3S/c1-9(2)12(13-3)17(14,15)11-7-5-10(16-4)6-8-11/h5-9,12H,1-2,4H3. The Labute approximate surface area is 102 Å². The summed E-state index contributed by atoms with van der Waals surface area (Å²) in [5.74, 6) is 0.354. The Balaban J connectivity index is 3.17. The summed E-state index contributed by atoms with van der Waals surface area (Å²) in [7, 11) is -2.07. The summed E-state index contributed by atoms with van der Waals surface area (Å²) in [6.45, 7) is 10.4. The minimum absolute atomic E-state index is 0.160. The van der Waals surface area contributed by atoms with Crippen LogP contribution in [0.2, 0.25) is 0 Å². The first-order chi connectivity index (χ1) is 7.93. The summed E-state index contributed by atoms with van der Waals surface area (Å²) in [5, 5.41) is -1.03. The fraction of sp³-hybridized carbons (Fsp3) is 0.417. The molecular weight excluding hydrogens is 238 g/mol. The van der Waals surface area contributed by atoms with E-state index in [0.717, 1.165) is 0 Å². The number of ether oxygens (including phenoxy) is 1. The SMILES string of the molecule is [C-]#[N+]C(C(C)C)S(=O)(=O)c1ccc(OC)cc1. The summed E-state index contributed by atoms with van der Waals surface area (Å²) in [5.41, 5.74) is 0. The van der Waals surface area contributed by atoms with Crippen LogP contribution in [-0.2, 0) is 9.84 Å². The quantitative estimate of drug-likeness (QED) is 0.774. The highest BCUT2D eigenvalue weighted by molar-refractivity contribution is 7.92. The lowest BCUT2D eigenvalue weighted by Gasteiger charge is -2.10. The monoisotopic (exact) mass is 253 g/mol. The van der Waals surface area contributed by atoms with Gasteiger partial charge >= 0.3 is 5.37 Å². The lowest BCUT2D eigenvalue weighted by Crippen LogP contribution is -2.23. The summed E-state index contributed by atoms with van der Waals surface area (Å²) < 4.78 is 29.3. The molecule has 1 unspecified atom stereocenters. The van der Waals surface area contributed by atoms with Crippen LogP contribution in [0.4, 0.5) is 0 Å². The van der Waals surface area contributed by atoms with Crippen LogP contribution in [0, 0.1) is 12.5 Å². The number of rotatable bonds is 4. The van der Waals surface area contributed by atoms with Gasteiger partial charge < -0.3 is 4.74 Å². The molecule has 1 aromatic rings. The van der Waals surface area contributed by atoms with Crippen LogP contribution < -0.4 is 4.74 Å². The zero-order valence-corrected chi connectivity index (χ0v) is 10.9. The fourth-order valence-electron chi connectivity index (χ4n) is 1.48. The predicted molar refractivity (Wildman–Crippen MR) is 65.4 cm³/mol. The van der Waals surface area contributed by atoms with Gasteiger partial charge in [-0.3, -0.25) is 4.85 Å². The molecule has 1 aromatic carbocycles. The van der Waals surface area contributed by atoms with Crippen molar-refractivity contribution in [1.29, 1.82) is 0 Å². The van der Waals surface area contributed by atoms with Crippen molar-refractivity contribution >= 4 is 9.84 Å². The summed E-state index contributed by atoms with van der Waals surface area (Å²) in [4.78, 5) is 3.37. The van der Waals surface area contributed by atoms with Gasteiger partial charge in [0.25, 0.3) is 9.84 Å². The second-order valence-electron chi connectivity index (χ2n) is 3.98. The molecule has 17 heavy (non-hydrogen) atoms. The Hall–Kier alpha value is -1.54. The van der Waals surface area contributed by atoms with E-state index in [1.165, 1.54) is 19.2 Å². The van der Waals surface area contributed by atoms with E-state index in [0.29, 0.717) is 5.75 Å². The summed E-state index contributed by atoms with van der Waals surface area (Å²) in [6.07, 6.45) is 0. The molecule has 0 amide bonds. The minimum atomic E-state index is -3.59. The first-order valence-corrected chi connectivity index (χ1v) is 6.72. The van der Waals surface area contributed by atoms with Crippen LogP contribution in [0.25, 0.3) is 4.85 Å². The third kappa shape index (κ3) is 2.77. The molecule has 0 heterocycles. The molecule has 0 aliphatic carbocycles. The van der Waals surface area contributed by atoms with Gasteiger partial charge in [0.05, 0.1) is 12.0 Å². The van der Waals surface area contributed by atoms with Crippen LogP contribution in [0.3, 0.4) is 0 Å². The number of hydrogen-bond acceptors (Lipinski definition) is 3. The Morgan fingerprint density at radius 2 is 1.76 bits per heavy atom. The lowest BCUT2D eigenvalue weighted by molar-refractivity contribution is 0.414. The molecule has 0 fully saturated rings. The normalized spacial score (nSPS) is 13.1. The third-order valence-corrected chi connectivity index (χ3v) is 4.62. The molecule has 0 aliphatic rings. The van der Waals surface area contributed by atoms with Gasteiger partial charge in [0.2, 0.25) is 0 Å². The molecule has 92 valence electrons. The van der Waals surface area contributed by atoms with E-state index in [9.17, 15) is 8.42 Å². The molecule has 0 N–H and O–H groups in total. The van der Waals surface area contributed by atoms with Gasteiger partial charge in [-0.15, -0.1) is 0 Å². The zero-order valence-electron chi connectivity index (χ0n) is 10.0. The van der Waals surface area contributed by atoms with Crippen molar-refractivity contribution in [3.63, 3.8) is 0 Å². The maximum absolute atomic E-state index is 12.1. The van der Waals surface area contributed by atoms with Crippen molar-refractivity contribution in [3.8, 4) is 5.75 Å². The molecule has 5 heteroatoms. The van der Waals surface area contributed by atoms with E-state index in [1.807, 2.05) is 0 Å². The van der Waals surface area contributed by atoms with Crippen LogP contribution >= 0.6 is 0 Å². The first-order valence-electron chi connectivity index (χ1n) is 5.18. The largest absolute Gasteiger partial charge is 0.497 e. The number of nitrogens with zero attached hydrogens (tertiary/aromatic N) is 1. The fourth-order valence-corrected chi connectivity index (χ4v) is 3.13. The third-order valence-electron chi connectivity index (χ3n) is 2.40. The molecule has 4 nitrogen and oxygen atoms in total. The van der Waals surface area contributed by atoms with Gasteiger partial charge in [-0.1, -0.05) is 13.8 Å². The summed E-state index contributed by atoms with van der Waals surface area (Å²) >= 11 is 0. The highest BCUT2D eigenvalue weighted by atomic mass is 32.2. The molecule has 0 aliphatic heterocycles. The highest BCUT2D eigenvalue weighted by Gasteiger charge is 2.35. The lowest BCUT2D eigenvalue weighted by atomic mass is 10.2. The number of hydrogen-bond donors (Lipinski definition) is 0. The van der Waals surface area contributed by atoms with Crippen molar-refractivity contribution in [2.75, 3.05) is 7.11 Å². The number of sulfone groups is 1. The Kier molecular flexibility index (Phi) is 4.13. The van der Waals surface area contributed by atoms with Crippen LogP contribution in [0.15, 0.2) is 29.2 Å². The second-order valence-corrected chi connectivity index (χ2v) is 6.03. The molecule has 0 radical (unpaired) electrons.